The Morgan fingerprint density at radius 2 is 2.00 bits per heavy atom. The summed E-state index contributed by atoms with van der Waals surface area (Å²) in [6, 6.07) is 9.88. The minimum absolute atomic E-state index is 0.0190. The van der Waals surface area contributed by atoms with Crippen LogP contribution >= 0.6 is 0 Å². The number of morpholine rings is 1. The molecule has 0 bridgehead atoms. The summed E-state index contributed by atoms with van der Waals surface area (Å²) in [5.74, 6) is 0.829. The van der Waals surface area contributed by atoms with Crippen LogP contribution in [0.25, 0.3) is 0 Å². The second kappa shape index (κ2) is 10.9. The SMILES string of the molecule is Cc1cc(C(=O)N(Cc2ccc(OCCN3CCOCC3)cc2)CC2CCCO2)n(C)n1. The molecule has 0 spiro atoms. The number of amides is 1. The fourth-order valence-corrected chi connectivity index (χ4v) is 4.26. The molecule has 2 aliphatic heterocycles. The quantitative estimate of drug-likeness (QED) is 0.593. The van der Waals surface area contributed by atoms with E-state index in [1.807, 2.05) is 49.2 Å². The van der Waals surface area contributed by atoms with E-state index in [9.17, 15) is 4.79 Å². The van der Waals surface area contributed by atoms with Crippen LogP contribution in [0.4, 0.5) is 0 Å². The van der Waals surface area contributed by atoms with Gasteiger partial charge < -0.3 is 19.1 Å². The predicted octanol–water partition coefficient (Wildman–Crippen LogP) is 2.26. The summed E-state index contributed by atoms with van der Waals surface area (Å²) in [7, 11) is 1.81. The lowest BCUT2D eigenvalue weighted by Crippen LogP contribution is -2.38. The van der Waals surface area contributed by atoms with Crippen LogP contribution in [-0.2, 0) is 23.1 Å². The molecule has 3 heterocycles. The van der Waals surface area contributed by atoms with Crippen molar-refractivity contribution in [1.82, 2.24) is 19.6 Å². The van der Waals surface area contributed by atoms with E-state index < -0.39 is 0 Å². The molecule has 2 saturated heterocycles. The van der Waals surface area contributed by atoms with Gasteiger partial charge in [0.25, 0.3) is 5.91 Å². The van der Waals surface area contributed by atoms with E-state index >= 15 is 0 Å². The molecule has 0 radical (unpaired) electrons. The average Bonchev–Trinajstić information content (AvgIpc) is 3.43. The zero-order valence-electron chi connectivity index (χ0n) is 19.2. The van der Waals surface area contributed by atoms with Gasteiger partial charge in [0, 0.05) is 46.4 Å². The summed E-state index contributed by atoms with van der Waals surface area (Å²) in [6.45, 7) is 8.87. The van der Waals surface area contributed by atoms with Crippen molar-refractivity contribution in [2.75, 3.05) is 52.6 Å². The van der Waals surface area contributed by atoms with Gasteiger partial charge >= 0.3 is 0 Å². The maximum atomic E-state index is 13.3. The largest absolute Gasteiger partial charge is 0.492 e. The van der Waals surface area contributed by atoms with Gasteiger partial charge in [-0.3, -0.25) is 14.4 Å². The fraction of sp³-hybridized carbons (Fsp3) is 0.583. The Bertz CT molecular complexity index is 871. The molecular weight excluding hydrogens is 408 g/mol. The number of aryl methyl sites for hydroxylation is 2. The zero-order valence-corrected chi connectivity index (χ0v) is 19.2. The zero-order chi connectivity index (χ0) is 22.3. The van der Waals surface area contributed by atoms with Crippen LogP contribution in [0.1, 0.15) is 34.6 Å². The molecule has 2 fully saturated rings. The molecule has 0 aliphatic carbocycles. The van der Waals surface area contributed by atoms with Crippen LogP contribution in [0.2, 0.25) is 0 Å². The summed E-state index contributed by atoms with van der Waals surface area (Å²) in [4.78, 5) is 17.5. The fourth-order valence-electron chi connectivity index (χ4n) is 4.26. The third-order valence-corrected chi connectivity index (χ3v) is 6.03. The summed E-state index contributed by atoms with van der Waals surface area (Å²) >= 11 is 0. The van der Waals surface area contributed by atoms with Gasteiger partial charge in [-0.2, -0.15) is 5.10 Å². The number of carbonyl (C=O) groups excluding carboxylic acids is 1. The smallest absolute Gasteiger partial charge is 0.272 e. The Kier molecular flexibility index (Phi) is 7.78. The van der Waals surface area contributed by atoms with Crippen LogP contribution in [0.3, 0.4) is 0 Å². The summed E-state index contributed by atoms with van der Waals surface area (Å²) < 4.78 is 18.8. The topological polar surface area (TPSA) is 69.1 Å². The third-order valence-electron chi connectivity index (χ3n) is 6.03. The first-order valence-electron chi connectivity index (χ1n) is 11.5. The monoisotopic (exact) mass is 442 g/mol. The highest BCUT2D eigenvalue weighted by Gasteiger charge is 2.25. The summed E-state index contributed by atoms with van der Waals surface area (Å²) in [5.41, 5.74) is 2.51. The highest BCUT2D eigenvalue weighted by atomic mass is 16.5. The number of rotatable bonds is 9. The number of hydrogen-bond donors (Lipinski definition) is 0. The molecule has 1 aromatic heterocycles. The van der Waals surface area contributed by atoms with E-state index in [1.165, 1.54) is 0 Å². The lowest BCUT2D eigenvalue weighted by atomic mass is 10.1. The van der Waals surface area contributed by atoms with Gasteiger partial charge in [0.05, 0.1) is 25.0 Å². The van der Waals surface area contributed by atoms with Crippen molar-refractivity contribution in [2.24, 2.45) is 7.05 Å². The van der Waals surface area contributed by atoms with Crippen LogP contribution in [-0.4, -0.2) is 84.2 Å². The first-order chi connectivity index (χ1) is 15.6. The Balaban J connectivity index is 1.36. The van der Waals surface area contributed by atoms with E-state index in [0.717, 1.165) is 69.3 Å². The molecular formula is C24H34N4O4. The average molecular weight is 443 g/mol. The maximum absolute atomic E-state index is 13.3. The molecule has 1 atom stereocenters. The second-order valence-corrected chi connectivity index (χ2v) is 8.56. The van der Waals surface area contributed by atoms with E-state index in [2.05, 4.69) is 10.00 Å². The van der Waals surface area contributed by atoms with Gasteiger partial charge in [-0.1, -0.05) is 12.1 Å². The summed E-state index contributed by atoms with van der Waals surface area (Å²) in [6.07, 6.45) is 2.13. The van der Waals surface area contributed by atoms with E-state index in [-0.39, 0.29) is 12.0 Å². The normalized spacial score (nSPS) is 19.2. The molecule has 1 unspecified atom stereocenters. The van der Waals surface area contributed by atoms with Crippen molar-refractivity contribution in [3.8, 4) is 5.75 Å². The maximum Gasteiger partial charge on any atom is 0.272 e. The minimum Gasteiger partial charge on any atom is -0.492 e. The number of hydrogen-bond acceptors (Lipinski definition) is 6. The Morgan fingerprint density at radius 3 is 2.66 bits per heavy atom. The van der Waals surface area contributed by atoms with E-state index in [1.54, 1.807) is 4.68 Å². The van der Waals surface area contributed by atoms with Crippen molar-refractivity contribution in [3.63, 3.8) is 0 Å². The lowest BCUT2D eigenvalue weighted by Gasteiger charge is -2.26. The molecule has 4 rings (SSSR count). The number of aromatic nitrogens is 2. The molecule has 1 aromatic carbocycles. The van der Waals surface area contributed by atoms with Crippen molar-refractivity contribution in [3.05, 3.63) is 47.3 Å². The molecule has 32 heavy (non-hydrogen) atoms. The Labute approximate surface area is 190 Å². The first kappa shape index (κ1) is 22.8. The first-order valence-corrected chi connectivity index (χ1v) is 11.5. The molecule has 0 N–H and O–H groups in total. The number of nitrogens with zero attached hydrogens (tertiary/aromatic N) is 4. The van der Waals surface area contributed by atoms with Crippen molar-refractivity contribution < 1.29 is 19.0 Å². The van der Waals surface area contributed by atoms with Gasteiger partial charge in [0.15, 0.2) is 0 Å². The molecule has 2 aromatic rings. The lowest BCUT2D eigenvalue weighted by molar-refractivity contribution is 0.0322. The van der Waals surface area contributed by atoms with Gasteiger partial charge in [-0.05, 0) is 43.5 Å². The highest BCUT2D eigenvalue weighted by molar-refractivity contribution is 5.92. The Hall–Kier alpha value is -2.42. The minimum atomic E-state index is -0.0190. The molecule has 8 nitrogen and oxygen atoms in total. The summed E-state index contributed by atoms with van der Waals surface area (Å²) in [5, 5.41) is 4.34. The van der Waals surface area contributed by atoms with Crippen LogP contribution < -0.4 is 4.74 Å². The second-order valence-electron chi connectivity index (χ2n) is 8.56. The van der Waals surface area contributed by atoms with Crippen molar-refractivity contribution in [1.29, 1.82) is 0 Å². The van der Waals surface area contributed by atoms with Gasteiger partial charge in [-0.25, -0.2) is 0 Å². The third kappa shape index (κ3) is 6.09. The van der Waals surface area contributed by atoms with E-state index in [4.69, 9.17) is 14.2 Å². The van der Waals surface area contributed by atoms with Gasteiger partial charge in [-0.15, -0.1) is 0 Å². The molecule has 2 aliphatic rings. The van der Waals surface area contributed by atoms with Gasteiger partial charge in [0.1, 0.15) is 18.1 Å². The predicted molar refractivity (Wildman–Crippen MR) is 121 cm³/mol. The molecule has 1 amide bonds. The number of ether oxygens (including phenoxy) is 3. The van der Waals surface area contributed by atoms with Crippen LogP contribution in [0.15, 0.2) is 30.3 Å². The van der Waals surface area contributed by atoms with Crippen LogP contribution in [0.5, 0.6) is 5.75 Å². The molecule has 0 saturated carbocycles. The van der Waals surface area contributed by atoms with Crippen molar-refractivity contribution in [2.45, 2.75) is 32.4 Å². The molecule has 8 heteroatoms. The number of benzene rings is 1. The molecule has 174 valence electrons. The van der Waals surface area contributed by atoms with E-state index in [0.29, 0.717) is 25.4 Å². The highest BCUT2D eigenvalue weighted by Crippen LogP contribution is 2.19. The standard InChI is InChI=1S/C24H34N4O4/c1-19-16-23(26(2)25-19)24(29)28(18-22-4-3-12-31-22)17-20-5-7-21(8-6-20)32-15-11-27-9-13-30-14-10-27/h5-8,16,22H,3-4,9-15,17-18H2,1-2H3. The van der Waals surface area contributed by atoms with Crippen LogP contribution in [0, 0.1) is 6.92 Å². The Morgan fingerprint density at radius 1 is 1.22 bits per heavy atom. The van der Waals surface area contributed by atoms with Gasteiger partial charge in [0.2, 0.25) is 0 Å². The number of carbonyl (C=O) groups is 1. The van der Waals surface area contributed by atoms with Crippen molar-refractivity contribution >= 4 is 5.91 Å².